The number of anilines is 3. The fraction of sp³-hybridized carbons (Fsp3) is 0.667. The van der Waals surface area contributed by atoms with E-state index in [4.69, 9.17) is 0 Å². The predicted molar refractivity (Wildman–Crippen MR) is 78.2 cm³/mol. The van der Waals surface area contributed by atoms with Crippen LogP contribution in [-0.2, 0) is 4.79 Å². The molecular formula is C12H21N7O. The Morgan fingerprint density at radius 1 is 1.15 bits per heavy atom. The standard InChI is InChI=1S/C12H21N7O/c1-9(20)18-5-7-19(8-6-18)12-15-10(13-2)14-11(16-12)17(3)4/h5-8H2,1-4H3,(H,13,14,15,16). The summed E-state index contributed by atoms with van der Waals surface area (Å²) in [6.45, 7) is 4.47. The zero-order valence-corrected chi connectivity index (χ0v) is 12.4. The summed E-state index contributed by atoms with van der Waals surface area (Å²) in [6, 6.07) is 0. The number of rotatable bonds is 3. The van der Waals surface area contributed by atoms with Gasteiger partial charge in [0.25, 0.3) is 0 Å². The molecule has 1 fully saturated rings. The number of carbonyl (C=O) groups excluding carboxylic acids is 1. The van der Waals surface area contributed by atoms with Gasteiger partial charge in [-0.2, -0.15) is 15.0 Å². The first-order valence-corrected chi connectivity index (χ1v) is 6.63. The zero-order chi connectivity index (χ0) is 14.7. The number of hydrogen-bond acceptors (Lipinski definition) is 7. The Hall–Kier alpha value is -2.12. The molecule has 0 saturated carbocycles. The van der Waals surface area contributed by atoms with Gasteiger partial charge in [-0.3, -0.25) is 4.79 Å². The van der Waals surface area contributed by atoms with Crippen LogP contribution in [0.2, 0.25) is 0 Å². The SMILES string of the molecule is CNc1nc(N(C)C)nc(N2CCN(C(C)=O)CC2)n1. The Kier molecular flexibility index (Phi) is 4.21. The van der Waals surface area contributed by atoms with Crippen molar-refractivity contribution in [3.05, 3.63) is 0 Å². The van der Waals surface area contributed by atoms with E-state index in [9.17, 15) is 4.79 Å². The van der Waals surface area contributed by atoms with Gasteiger partial charge in [0.1, 0.15) is 0 Å². The van der Waals surface area contributed by atoms with Crippen molar-refractivity contribution < 1.29 is 4.79 Å². The molecule has 1 aliphatic heterocycles. The Balaban J connectivity index is 2.16. The van der Waals surface area contributed by atoms with Crippen molar-refractivity contribution in [1.82, 2.24) is 19.9 Å². The van der Waals surface area contributed by atoms with E-state index in [0.29, 0.717) is 30.9 Å². The monoisotopic (exact) mass is 279 g/mol. The van der Waals surface area contributed by atoms with Crippen molar-refractivity contribution >= 4 is 23.8 Å². The van der Waals surface area contributed by atoms with Crippen molar-refractivity contribution in [1.29, 1.82) is 0 Å². The zero-order valence-electron chi connectivity index (χ0n) is 12.4. The third kappa shape index (κ3) is 3.06. The van der Waals surface area contributed by atoms with Crippen LogP contribution in [-0.4, -0.2) is 73.1 Å². The molecule has 1 aromatic heterocycles. The third-order valence-corrected chi connectivity index (χ3v) is 3.24. The van der Waals surface area contributed by atoms with Crippen molar-refractivity contribution in [2.75, 3.05) is 62.4 Å². The maximum Gasteiger partial charge on any atom is 0.232 e. The van der Waals surface area contributed by atoms with Crippen molar-refractivity contribution in [3.8, 4) is 0 Å². The molecule has 0 spiro atoms. The molecular weight excluding hydrogens is 258 g/mol. The molecule has 20 heavy (non-hydrogen) atoms. The lowest BCUT2D eigenvalue weighted by Gasteiger charge is -2.34. The summed E-state index contributed by atoms with van der Waals surface area (Å²) in [4.78, 5) is 30.2. The Bertz CT molecular complexity index is 483. The molecule has 110 valence electrons. The molecule has 1 aromatic rings. The summed E-state index contributed by atoms with van der Waals surface area (Å²) in [5, 5.41) is 2.95. The van der Waals surface area contributed by atoms with Gasteiger partial charge in [-0.1, -0.05) is 0 Å². The minimum Gasteiger partial charge on any atom is -0.357 e. The number of nitrogens with zero attached hydrogens (tertiary/aromatic N) is 6. The van der Waals surface area contributed by atoms with Gasteiger partial charge in [0.2, 0.25) is 23.8 Å². The van der Waals surface area contributed by atoms with Crippen molar-refractivity contribution in [2.45, 2.75) is 6.92 Å². The van der Waals surface area contributed by atoms with Crippen LogP contribution in [0, 0.1) is 0 Å². The fourth-order valence-corrected chi connectivity index (χ4v) is 2.03. The van der Waals surface area contributed by atoms with E-state index in [2.05, 4.69) is 25.2 Å². The molecule has 0 aliphatic carbocycles. The summed E-state index contributed by atoms with van der Waals surface area (Å²) in [6.07, 6.45) is 0. The first kappa shape index (κ1) is 14.3. The first-order valence-electron chi connectivity index (χ1n) is 6.63. The highest BCUT2D eigenvalue weighted by Gasteiger charge is 2.21. The smallest absolute Gasteiger partial charge is 0.232 e. The highest BCUT2D eigenvalue weighted by atomic mass is 16.2. The van der Waals surface area contributed by atoms with Gasteiger partial charge in [0, 0.05) is 54.2 Å². The second kappa shape index (κ2) is 5.89. The van der Waals surface area contributed by atoms with Crippen LogP contribution in [0.3, 0.4) is 0 Å². The summed E-state index contributed by atoms with van der Waals surface area (Å²) in [5.74, 6) is 1.93. The molecule has 0 radical (unpaired) electrons. The van der Waals surface area contributed by atoms with E-state index in [1.54, 1.807) is 14.0 Å². The lowest BCUT2D eigenvalue weighted by Crippen LogP contribution is -2.48. The van der Waals surface area contributed by atoms with Gasteiger partial charge < -0.3 is 20.0 Å². The van der Waals surface area contributed by atoms with Crippen LogP contribution >= 0.6 is 0 Å². The van der Waals surface area contributed by atoms with Gasteiger partial charge >= 0.3 is 0 Å². The lowest BCUT2D eigenvalue weighted by atomic mass is 10.3. The average molecular weight is 279 g/mol. The fourth-order valence-electron chi connectivity index (χ4n) is 2.03. The second-order valence-electron chi connectivity index (χ2n) is 4.90. The summed E-state index contributed by atoms with van der Waals surface area (Å²) in [5.41, 5.74) is 0. The summed E-state index contributed by atoms with van der Waals surface area (Å²) in [7, 11) is 5.57. The van der Waals surface area contributed by atoms with E-state index in [1.165, 1.54) is 0 Å². The second-order valence-corrected chi connectivity index (χ2v) is 4.90. The Labute approximate surface area is 118 Å². The molecule has 8 nitrogen and oxygen atoms in total. The third-order valence-electron chi connectivity index (χ3n) is 3.24. The molecule has 2 heterocycles. The van der Waals surface area contributed by atoms with Crippen LogP contribution in [0.1, 0.15) is 6.92 Å². The van der Waals surface area contributed by atoms with Crippen LogP contribution in [0.25, 0.3) is 0 Å². The van der Waals surface area contributed by atoms with E-state index >= 15 is 0 Å². The summed E-state index contributed by atoms with van der Waals surface area (Å²) < 4.78 is 0. The van der Waals surface area contributed by atoms with E-state index < -0.39 is 0 Å². The molecule has 8 heteroatoms. The highest BCUT2D eigenvalue weighted by Crippen LogP contribution is 2.16. The molecule has 1 aliphatic rings. The van der Waals surface area contributed by atoms with Gasteiger partial charge in [-0.15, -0.1) is 0 Å². The topological polar surface area (TPSA) is 77.5 Å². The highest BCUT2D eigenvalue weighted by molar-refractivity contribution is 5.73. The maximum atomic E-state index is 11.3. The Morgan fingerprint density at radius 2 is 1.80 bits per heavy atom. The first-order chi connectivity index (χ1) is 9.51. The van der Waals surface area contributed by atoms with Crippen LogP contribution < -0.4 is 15.1 Å². The maximum absolute atomic E-state index is 11.3. The predicted octanol–water partition coefficient (Wildman–Crippen LogP) is -0.352. The number of aromatic nitrogens is 3. The molecule has 1 saturated heterocycles. The van der Waals surface area contributed by atoms with Crippen LogP contribution in [0.5, 0.6) is 0 Å². The van der Waals surface area contributed by atoms with E-state index in [-0.39, 0.29) is 5.91 Å². The number of hydrogen-bond donors (Lipinski definition) is 1. The average Bonchev–Trinajstić information content (AvgIpc) is 2.46. The lowest BCUT2D eigenvalue weighted by molar-refractivity contribution is -0.129. The minimum absolute atomic E-state index is 0.116. The largest absolute Gasteiger partial charge is 0.357 e. The van der Waals surface area contributed by atoms with Gasteiger partial charge in [-0.05, 0) is 0 Å². The van der Waals surface area contributed by atoms with Crippen molar-refractivity contribution in [2.24, 2.45) is 0 Å². The normalized spacial score (nSPS) is 15.2. The number of nitrogens with one attached hydrogen (secondary N) is 1. The van der Waals surface area contributed by atoms with Crippen LogP contribution in [0.4, 0.5) is 17.8 Å². The molecule has 2 rings (SSSR count). The Morgan fingerprint density at radius 3 is 2.30 bits per heavy atom. The number of piperazine rings is 1. The molecule has 0 bridgehead atoms. The van der Waals surface area contributed by atoms with E-state index in [1.807, 2.05) is 23.9 Å². The van der Waals surface area contributed by atoms with Gasteiger partial charge in [0.15, 0.2) is 0 Å². The van der Waals surface area contributed by atoms with Gasteiger partial charge in [0.05, 0.1) is 0 Å². The van der Waals surface area contributed by atoms with E-state index in [0.717, 1.165) is 13.1 Å². The molecule has 1 N–H and O–H groups in total. The summed E-state index contributed by atoms with van der Waals surface area (Å²) >= 11 is 0. The van der Waals surface area contributed by atoms with Crippen molar-refractivity contribution in [3.63, 3.8) is 0 Å². The minimum atomic E-state index is 0.116. The molecule has 0 aromatic carbocycles. The molecule has 0 atom stereocenters. The van der Waals surface area contributed by atoms with Crippen LogP contribution in [0.15, 0.2) is 0 Å². The molecule has 0 unspecified atom stereocenters. The molecule has 1 amide bonds. The number of carbonyl (C=O) groups is 1. The van der Waals surface area contributed by atoms with Gasteiger partial charge in [-0.25, -0.2) is 0 Å². The quantitative estimate of drug-likeness (QED) is 0.810. The number of amides is 1.